The molecule has 13 nitrogen and oxygen atoms in total. The number of aryl methyl sites for hydroxylation is 1. The van der Waals surface area contributed by atoms with Crippen molar-refractivity contribution in [2.75, 3.05) is 20.3 Å². The number of furan rings is 1. The summed E-state index contributed by atoms with van der Waals surface area (Å²) in [4.78, 5) is 40.3. The molecule has 2 aliphatic heterocycles. The normalized spacial score (nSPS) is 24.3. The van der Waals surface area contributed by atoms with E-state index in [0.717, 1.165) is 21.6 Å². The van der Waals surface area contributed by atoms with E-state index in [-0.39, 0.29) is 32.2 Å². The molecular formula is C44H50BrNO12. The summed E-state index contributed by atoms with van der Waals surface area (Å²) >= 11 is 3.57. The van der Waals surface area contributed by atoms with Gasteiger partial charge >= 0.3 is 12.1 Å². The van der Waals surface area contributed by atoms with Gasteiger partial charge in [-0.05, 0) is 59.0 Å². The maximum absolute atomic E-state index is 13.9. The highest BCUT2D eigenvalue weighted by Gasteiger charge is 2.49. The highest BCUT2D eigenvalue weighted by Crippen LogP contribution is 2.38. The van der Waals surface area contributed by atoms with Gasteiger partial charge in [-0.25, -0.2) is 9.69 Å². The fraction of sp³-hybridized carbons (Fsp3) is 0.432. The van der Waals surface area contributed by atoms with Gasteiger partial charge in [0.05, 0.1) is 36.3 Å². The number of nitrogens with zero attached hydrogens (tertiary/aromatic N) is 1. The Bertz CT molecular complexity index is 1930. The average Bonchev–Trinajstić information content (AvgIpc) is 3.76. The van der Waals surface area contributed by atoms with Gasteiger partial charge in [-0.2, -0.15) is 0 Å². The zero-order valence-corrected chi connectivity index (χ0v) is 34.5. The first-order valence-corrected chi connectivity index (χ1v) is 20.1. The largest absolute Gasteiger partial charge is 0.461 e. The molecule has 6 rings (SSSR count). The third kappa shape index (κ3) is 10.4. The minimum atomic E-state index is -1.13. The molecule has 3 heterocycles. The zero-order chi connectivity index (χ0) is 41.2. The Hall–Kier alpha value is -4.41. The number of carbonyl (C=O) groups excluding carboxylic acids is 3. The maximum atomic E-state index is 13.9. The minimum absolute atomic E-state index is 0.233. The molecule has 0 bridgehead atoms. The molecule has 2 fully saturated rings. The molecule has 1 N–H and O–H groups in total. The molecule has 2 saturated heterocycles. The lowest BCUT2D eigenvalue weighted by Crippen LogP contribution is -2.61. The van der Waals surface area contributed by atoms with E-state index in [1.54, 1.807) is 19.9 Å². The number of halogens is 1. The second-order valence-corrected chi connectivity index (χ2v) is 15.2. The molecule has 0 unspecified atom stereocenters. The first-order chi connectivity index (χ1) is 28.1. The van der Waals surface area contributed by atoms with E-state index in [4.69, 9.17) is 37.6 Å². The van der Waals surface area contributed by atoms with Crippen molar-refractivity contribution >= 4 is 33.9 Å². The van der Waals surface area contributed by atoms with Crippen molar-refractivity contribution in [2.45, 2.75) is 95.8 Å². The van der Waals surface area contributed by atoms with Crippen molar-refractivity contribution in [3.63, 3.8) is 0 Å². The maximum Gasteiger partial charge on any atom is 0.417 e. The Kier molecular flexibility index (Phi) is 15.3. The van der Waals surface area contributed by atoms with E-state index in [9.17, 15) is 19.5 Å². The summed E-state index contributed by atoms with van der Waals surface area (Å²) in [5, 5.41) is 10.4. The Morgan fingerprint density at radius 1 is 0.879 bits per heavy atom. The number of cyclic esters (lactones) is 1. The van der Waals surface area contributed by atoms with Gasteiger partial charge in [-0.15, -0.1) is 0 Å². The molecule has 0 aliphatic carbocycles. The molecule has 2 amide bonds. The zero-order valence-electron chi connectivity index (χ0n) is 32.9. The number of carbonyl (C=O) groups is 3. The van der Waals surface area contributed by atoms with Crippen LogP contribution in [0.2, 0.25) is 0 Å². The lowest BCUT2D eigenvalue weighted by Gasteiger charge is -2.45. The molecule has 3 aromatic carbocycles. The molecule has 0 radical (unpaired) electrons. The number of amides is 2. The van der Waals surface area contributed by atoms with E-state index in [0.29, 0.717) is 23.1 Å². The number of ether oxygens (including phenoxy) is 7. The molecule has 0 spiro atoms. The van der Waals surface area contributed by atoms with Gasteiger partial charge in [0.2, 0.25) is 5.91 Å². The first kappa shape index (κ1) is 43.2. The molecule has 58 heavy (non-hydrogen) atoms. The Labute approximate surface area is 346 Å². The predicted octanol–water partition coefficient (Wildman–Crippen LogP) is 7.24. The Morgan fingerprint density at radius 2 is 1.48 bits per heavy atom. The summed E-state index contributed by atoms with van der Waals surface area (Å²) < 4.78 is 49.4. The van der Waals surface area contributed by atoms with Crippen LogP contribution >= 0.6 is 15.9 Å². The Balaban J connectivity index is 1.13. The molecule has 0 saturated carbocycles. The average molecular weight is 865 g/mol. The number of benzene rings is 3. The van der Waals surface area contributed by atoms with Gasteiger partial charge in [0.15, 0.2) is 12.4 Å². The van der Waals surface area contributed by atoms with Crippen LogP contribution in [0.4, 0.5) is 4.79 Å². The van der Waals surface area contributed by atoms with Gasteiger partial charge in [0.1, 0.15) is 42.0 Å². The third-order valence-corrected chi connectivity index (χ3v) is 10.9. The monoisotopic (exact) mass is 863 g/mol. The van der Waals surface area contributed by atoms with E-state index in [1.807, 2.05) is 91.0 Å². The highest BCUT2D eigenvalue weighted by atomic mass is 79.9. The van der Waals surface area contributed by atoms with Crippen molar-refractivity contribution in [1.82, 2.24) is 4.90 Å². The van der Waals surface area contributed by atoms with Crippen molar-refractivity contribution in [1.29, 1.82) is 0 Å². The summed E-state index contributed by atoms with van der Waals surface area (Å²) in [6, 6.07) is 29.7. The van der Waals surface area contributed by atoms with Gasteiger partial charge < -0.3 is 42.7 Å². The first-order valence-electron chi connectivity index (χ1n) is 19.3. The summed E-state index contributed by atoms with van der Waals surface area (Å²) in [5.41, 5.74) is 2.67. The fourth-order valence-electron chi connectivity index (χ4n) is 7.28. The van der Waals surface area contributed by atoms with Crippen molar-refractivity contribution < 1.29 is 57.1 Å². The number of imide groups is 1. The minimum Gasteiger partial charge on any atom is -0.461 e. The SMILES string of the molecule is CO[C@H]1O[C@H](CO)[C@@H](OCc2ccccc2)[C@H](OCc2ccccc2)[C@@H]1OCCCc1oc([C@@H](OC(C)=O)[C@H](C)C(=O)N2C(=O)O[C@H](c3ccccc3)[C@@H]2C)cc1Br. The fourth-order valence-corrected chi connectivity index (χ4v) is 7.79. The summed E-state index contributed by atoms with van der Waals surface area (Å²) in [6.07, 6.45) is -5.35. The van der Waals surface area contributed by atoms with Crippen LogP contribution in [-0.2, 0) is 62.4 Å². The summed E-state index contributed by atoms with van der Waals surface area (Å²) in [5.74, 6) is -1.40. The molecule has 14 heteroatoms. The van der Waals surface area contributed by atoms with Crippen LogP contribution in [-0.4, -0.2) is 85.0 Å². The van der Waals surface area contributed by atoms with Crippen LogP contribution in [0.5, 0.6) is 0 Å². The number of aliphatic hydroxyl groups excluding tert-OH is 1. The third-order valence-electron chi connectivity index (χ3n) is 10.3. The van der Waals surface area contributed by atoms with Gasteiger partial charge in [0, 0.05) is 27.1 Å². The number of hydrogen-bond donors (Lipinski definition) is 1. The van der Waals surface area contributed by atoms with Crippen molar-refractivity contribution in [3.05, 3.63) is 130 Å². The lowest BCUT2D eigenvalue weighted by atomic mass is 9.98. The van der Waals surface area contributed by atoms with Crippen LogP contribution < -0.4 is 0 Å². The number of aliphatic hydroxyl groups is 1. The topological polar surface area (TPSA) is 152 Å². The Morgan fingerprint density at radius 3 is 2.07 bits per heavy atom. The summed E-state index contributed by atoms with van der Waals surface area (Å²) in [6.45, 7) is 5.02. The highest BCUT2D eigenvalue weighted by molar-refractivity contribution is 9.10. The van der Waals surface area contributed by atoms with E-state index in [2.05, 4.69) is 15.9 Å². The van der Waals surface area contributed by atoms with E-state index >= 15 is 0 Å². The molecule has 310 valence electrons. The number of hydrogen-bond acceptors (Lipinski definition) is 12. The number of esters is 1. The molecule has 4 aromatic rings. The molecule has 2 aliphatic rings. The molecular weight excluding hydrogens is 814 g/mol. The van der Waals surface area contributed by atoms with Crippen LogP contribution in [0.1, 0.15) is 67.6 Å². The van der Waals surface area contributed by atoms with Crippen LogP contribution in [0.25, 0.3) is 0 Å². The van der Waals surface area contributed by atoms with Gasteiger partial charge in [-0.1, -0.05) is 91.0 Å². The van der Waals surface area contributed by atoms with Crippen LogP contribution in [0.15, 0.2) is 106 Å². The molecule has 1 aromatic heterocycles. The molecule has 9 atom stereocenters. The van der Waals surface area contributed by atoms with E-state index < -0.39 is 72.8 Å². The van der Waals surface area contributed by atoms with E-state index in [1.165, 1.54) is 14.0 Å². The second-order valence-electron chi connectivity index (χ2n) is 14.3. The quantitative estimate of drug-likeness (QED) is 0.0793. The number of methoxy groups -OCH3 is 1. The van der Waals surface area contributed by atoms with Crippen LogP contribution in [0, 0.1) is 5.92 Å². The summed E-state index contributed by atoms with van der Waals surface area (Å²) in [7, 11) is 1.51. The van der Waals surface area contributed by atoms with Crippen LogP contribution in [0.3, 0.4) is 0 Å². The number of rotatable bonds is 18. The standard InChI is InChI=1S/C44H50BrNO12/c1-27(42(49)46-28(2)38(58-44(46)50)32-19-12-7-13-20-32)37(55-29(3)48)35-23-33(45)34(56-35)21-14-22-52-41-40(54-26-31-17-10-6-11-18-31)39(36(24-47)57-43(41)51-4)53-25-30-15-8-5-9-16-30/h5-13,15-20,23,27-28,36-41,43,47H,14,21-22,24-26H2,1-4H3/t27-,28-,36+,37-,38-,39+,40-,41-,43-/m0/s1. The lowest BCUT2D eigenvalue weighted by molar-refractivity contribution is -0.319. The van der Waals surface area contributed by atoms with Gasteiger partial charge in [0.25, 0.3) is 0 Å². The van der Waals surface area contributed by atoms with Crippen molar-refractivity contribution in [2.24, 2.45) is 5.92 Å². The smallest absolute Gasteiger partial charge is 0.417 e. The van der Waals surface area contributed by atoms with Gasteiger partial charge in [-0.3, -0.25) is 9.59 Å². The predicted molar refractivity (Wildman–Crippen MR) is 213 cm³/mol. The van der Waals surface area contributed by atoms with Crippen molar-refractivity contribution in [3.8, 4) is 0 Å². The second kappa shape index (κ2) is 20.5.